The molecule has 4 heteroatoms. The third-order valence-electron chi connectivity index (χ3n) is 3.13. The Labute approximate surface area is 118 Å². The van der Waals surface area contributed by atoms with Crippen molar-refractivity contribution in [1.29, 1.82) is 5.41 Å². The number of halogens is 1. The third kappa shape index (κ3) is 3.92. The van der Waals surface area contributed by atoms with E-state index in [4.69, 9.17) is 21.4 Å². The van der Waals surface area contributed by atoms with Crippen LogP contribution < -0.4 is 0 Å². The summed E-state index contributed by atoms with van der Waals surface area (Å²) in [7, 11) is 0. The minimum Gasteiger partial charge on any atom is -0.472 e. The molecule has 1 aromatic heterocycles. The second-order valence-corrected chi connectivity index (χ2v) is 6.29. The normalized spacial score (nSPS) is 16.0. The fourth-order valence-electron chi connectivity index (χ4n) is 1.56. The number of alkyl halides is 1. The molecule has 0 amide bonds. The Hall–Kier alpha value is -0.670. The van der Waals surface area contributed by atoms with Crippen LogP contribution in [-0.2, 0) is 0 Å². The van der Waals surface area contributed by atoms with Crippen molar-refractivity contribution < 1.29 is 4.42 Å². The maximum atomic E-state index is 8.00. The van der Waals surface area contributed by atoms with Gasteiger partial charge in [0.25, 0.3) is 0 Å². The quantitative estimate of drug-likeness (QED) is 0.348. The van der Waals surface area contributed by atoms with Crippen LogP contribution in [0.15, 0.2) is 35.2 Å². The molecule has 0 spiro atoms. The Kier molecular flexibility index (Phi) is 6.03. The molecule has 100 valence electrons. The SMILES string of the molecule is C=C(CC)C(Cl)[C@@H](C)[C@H](C)SC(=N)c1ccoc1. The molecular weight excluding hydrogens is 266 g/mol. The molecule has 0 aliphatic rings. The molecule has 0 saturated carbocycles. The van der Waals surface area contributed by atoms with Gasteiger partial charge in [0.15, 0.2) is 0 Å². The van der Waals surface area contributed by atoms with Crippen LogP contribution in [-0.4, -0.2) is 15.7 Å². The molecule has 0 saturated heterocycles. The van der Waals surface area contributed by atoms with Gasteiger partial charge in [0, 0.05) is 10.8 Å². The zero-order chi connectivity index (χ0) is 13.7. The zero-order valence-electron chi connectivity index (χ0n) is 11.1. The first-order valence-corrected chi connectivity index (χ1v) is 7.38. The number of thioether (sulfide) groups is 1. The highest BCUT2D eigenvalue weighted by atomic mass is 35.5. The number of rotatable bonds is 6. The second kappa shape index (κ2) is 7.05. The van der Waals surface area contributed by atoms with E-state index in [-0.39, 0.29) is 16.5 Å². The fraction of sp³-hybridized carbons (Fsp3) is 0.500. The minimum atomic E-state index is -0.0327. The van der Waals surface area contributed by atoms with Gasteiger partial charge in [-0.25, -0.2) is 0 Å². The van der Waals surface area contributed by atoms with E-state index in [9.17, 15) is 0 Å². The van der Waals surface area contributed by atoms with Gasteiger partial charge in [-0.05, 0) is 18.4 Å². The molecule has 1 heterocycles. The summed E-state index contributed by atoms with van der Waals surface area (Å²) in [5.74, 6) is 0.274. The third-order valence-corrected chi connectivity index (χ3v) is 5.11. The van der Waals surface area contributed by atoms with Crippen LogP contribution in [0.2, 0.25) is 0 Å². The summed E-state index contributed by atoms with van der Waals surface area (Å²) in [5, 5.41) is 8.75. The number of furan rings is 1. The standard InChI is InChI=1S/C14H20ClNOS/c1-5-9(2)13(15)10(3)11(4)18-14(16)12-6-7-17-8-12/h6-8,10-11,13,16H,2,5H2,1,3-4H3/t10-,11-,13?/m0/s1. The first-order chi connectivity index (χ1) is 8.47. The van der Waals surface area contributed by atoms with E-state index >= 15 is 0 Å². The number of allylic oxidation sites excluding steroid dienone is 1. The average Bonchev–Trinajstić information content (AvgIpc) is 2.89. The van der Waals surface area contributed by atoms with Gasteiger partial charge in [0.2, 0.25) is 0 Å². The van der Waals surface area contributed by atoms with Gasteiger partial charge in [0.1, 0.15) is 6.26 Å². The first kappa shape index (κ1) is 15.4. The highest BCUT2D eigenvalue weighted by molar-refractivity contribution is 8.14. The van der Waals surface area contributed by atoms with Crippen molar-refractivity contribution in [3.8, 4) is 0 Å². The molecule has 0 bridgehead atoms. The van der Waals surface area contributed by atoms with Crippen molar-refractivity contribution in [3.05, 3.63) is 36.3 Å². The van der Waals surface area contributed by atoms with E-state index in [0.717, 1.165) is 17.6 Å². The molecule has 0 radical (unpaired) electrons. The average molecular weight is 286 g/mol. The van der Waals surface area contributed by atoms with Crippen molar-refractivity contribution in [2.75, 3.05) is 0 Å². The van der Waals surface area contributed by atoms with Gasteiger partial charge in [-0.3, -0.25) is 5.41 Å². The highest BCUT2D eigenvalue weighted by Crippen LogP contribution is 2.31. The number of hydrogen-bond acceptors (Lipinski definition) is 3. The van der Waals surface area contributed by atoms with Crippen LogP contribution in [0, 0.1) is 11.3 Å². The van der Waals surface area contributed by atoms with E-state index in [2.05, 4.69) is 27.4 Å². The Balaban J connectivity index is 2.57. The summed E-state index contributed by atoms with van der Waals surface area (Å²) < 4.78 is 4.99. The van der Waals surface area contributed by atoms with Gasteiger partial charge < -0.3 is 4.42 Å². The van der Waals surface area contributed by atoms with Crippen LogP contribution in [0.4, 0.5) is 0 Å². The summed E-state index contributed by atoms with van der Waals surface area (Å²) in [6.45, 7) is 10.3. The number of hydrogen-bond donors (Lipinski definition) is 1. The van der Waals surface area contributed by atoms with Gasteiger partial charge in [-0.15, -0.1) is 23.4 Å². The lowest BCUT2D eigenvalue weighted by molar-refractivity contribution is 0.566. The predicted octanol–water partition coefficient (Wildman–Crippen LogP) is 4.94. The number of nitrogens with one attached hydrogen (secondary N) is 1. The van der Waals surface area contributed by atoms with Gasteiger partial charge in [-0.1, -0.05) is 32.9 Å². The van der Waals surface area contributed by atoms with Crippen molar-refractivity contribution in [3.63, 3.8) is 0 Å². The lowest BCUT2D eigenvalue weighted by Gasteiger charge is -2.25. The molecule has 1 N–H and O–H groups in total. The van der Waals surface area contributed by atoms with E-state index in [1.807, 2.05) is 0 Å². The Morgan fingerprint density at radius 3 is 2.72 bits per heavy atom. The Morgan fingerprint density at radius 2 is 2.22 bits per heavy atom. The lowest BCUT2D eigenvalue weighted by Crippen LogP contribution is -2.23. The Morgan fingerprint density at radius 1 is 1.56 bits per heavy atom. The molecule has 1 unspecified atom stereocenters. The minimum absolute atomic E-state index is 0.0327. The second-order valence-electron chi connectivity index (χ2n) is 4.44. The van der Waals surface area contributed by atoms with Crippen LogP contribution in [0.1, 0.15) is 32.8 Å². The summed E-state index contributed by atoms with van der Waals surface area (Å²) in [6.07, 6.45) is 4.08. The largest absolute Gasteiger partial charge is 0.472 e. The summed E-state index contributed by atoms with van der Waals surface area (Å²) in [4.78, 5) is 0. The van der Waals surface area contributed by atoms with E-state index in [1.165, 1.54) is 11.8 Å². The van der Waals surface area contributed by atoms with E-state index in [0.29, 0.717) is 5.04 Å². The monoisotopic (exact) mass is 285 g/mol. The van der Waals surface area contributed by atoms with E-state index in [1.54, 1.807) is 18.6 Å². The van der Waals surface area contributed by atoms with Gasteiger partial charge in [0.05, 0.1) is 16.7 Å². The molecular formula is C14H20ClNOS. The maximum absolute atomic E-state index is 8.00. The molecule has 0 aliphatic heterocycles. The van der Waals surface area contributed by atoms with Crippen LogP contribution in [0.25, 0.3) is 0 Å². The van der Waals surface area contributed by atoms with Crippen molar-refractivity contribution in [1.82, 2.24) is 0 Å². The smallest absolute Gasteiger partial charge is 0.100 e. The fourth-order valence-corrected chi connectivity index (χ4v) is 3.01. The van der Waals surface area contributed by atoms with Crippen molar-refractivity contribution in [2.45, 2.75) is 37.8 Å². The summed E-state index contributed by atoms with van der Waals surface area (Å²) in [6, 6.07) is 1.80. The molecule has 2 nitrogen and oxygen atoms in total. The van der Waals surface area contributed by atoms with Gasteiger partial charge >= 0.3 is 0 Å². The lowest BCUT2D eigenvalue weighted by atomic mass is 9.97. The van der Waals surface area contributed by atoms with Crippen LogP contribution in [0.3, 0.4) is 0 Å². The van der Waals surface area contributed by atoms with Gasteiger partial charge in [-0.2, -0.15) is 0 Å². The molecule has 1 aromatic rings. The van der Waals surface area contributed by atoms with E-state index < -0.39 is 0 Å². The molecule has 1 rings (SSSR count). The summed E-state index contributed by atoms with van der Waals surface area (Å²) >= 11 is 7.90. The topological polar surface area (TPSA) is 37.0 Å². The first-order valence-electron chi connectivity index (χ1n) is 6.06. The molecule has 18 heavy (non-hydrogen) atoms. The summed E-state index contributed by atoms with van der Waals surface area (Å²) in [5.41, 5.74) is 1.88. The molecule has 0 fully saturated rings. The molecule has 0 aliphatic carbocycles. The van der Waals surface area contributed by atoms with Crippen LogP contribution in [0.5, 0.6) is 0 Å². The zero-order valence-corrected chi connectivity index (χ0v) is 12.6. The maximum Gasteiger partial charge on any atom is 0.100 e. The highest BCUT2D eigenvalue weighted by Gasteiger charge is 2.24. The van der Waals surface area contributed by atoms with Crippen molar-refractivity contribution >= 4 is 28.4 Å². The van der Waals surface area contributed by atoms with Crippen LogP contribution >= 0.6 is 23.4 Å². The van der Waals surface area contributed by atoms with Crippen molar-refractivity contribution in [2.24, 2.45) is 5.92 Å². The predicted molar refractivity (Wildman–Crippen MR) is 80.8 cm³/mol. The Bertz CT molecular complexity index is 402. The molecule has 0 aromatic carbocycles. The molecule has 3 atom stereocenters.